The van der Waals surface area contributed by atoms with Gasteiger partial charge in [0.05, 0.1) is 18.8 Å². The zero-order valence-electron chi connectivity index (χ0n) is 55.0. The van der Waals surface area contributed by atoms with E-state index in [2.05, 4.69) is 301 Å². The van der Waals surface area contributed by atoms with E-state index in [1.807, 2.05) is 6.92 Å². The summed E-state index contributed by atoms with van der Waals surface area (Å²) >= 11 is 0. The Morgan fingerprint density at radius 1 is 0.679 bits per heavy atom. The fraction of sp³-hybridized carbons (Fsp3) is 0.486. The molecule has 4 aromatic carbocycles. The molecule has 454 valence electrons. The van der Waals surface area contributed by atoms with Gasteiger partial charge in [-0.05, 0) is 123 Å². The fourth-order valence-corrected chi connectivity index (χ4v) is 22.9. The van der Waals surface area contributed by atoms with Crippen molar-refractivity contribution in [3.05, 3.63) is 192 Å². The van der Waals surface area contributed by atoms with Gasteiger partial charge in [-0.2, -0.15) is 0 Å². The van der Waals surface area contributed by atoms with Crippen LogP contribution in [-0.4, -0.2) is 67.9 Å². The maximum absolute atomic E-state index is 14.7. The molecule has 0 radical (unpaired) electrons. The molecule has 1 aliphatic carbocycles. The molecule has 10 heteroatoms. The van der Waals surface area contributed by atoms with E-state index in [9.17, 15) is 9.59 Å². The van der Waals surface area contributed by atoms with E-state index < -0.39 is 48.2 Å². The largest absolute Gasteiger partial charge is 0.433 e. The first-order valence-corrected chi connectivity index (χ1v) is 37.6. The molecular weight excluding hydrogens is 1090 g/mol. The summed E-state index contributed by atoms with van der Waals surface area (Å²) in [4.78, 5) is 26.4. The highest BCUT2D eigenvalue weighted by atomic mass is 28.4. The van der Waals surface area contributed by atoms with Crippen LogP contribution >= 0.6 is 0 Å². The van der Waals surface area contributed by atoms with Gasteiger partial charge >= 0.3 is 5.97 Å². The minimum absolute atomic E-state index is 0.0237. The van der Waals surface area contributed by atoms with E-state index >= 15 is 0 Å². The molecule has 0 bridgehead atoms. The van der Waals surface area contributed by atoms with Crippen LogP contribution in [0.25, 0.3) is 0 Å². The average molecular weight is 1190 g/mol. The Kier molecular flexibility index (Phi) is 22.5. The molecule has 7 nitrogen and oxygen atoms in total. The van der Waals surface area contributed by atoms with Gasteiger partial charge in [0.1, 0.15) is 6.29 Å². The molecule has 2 aliphatic rings. The molecule has 1 heterocycles. The number of carbonyl (C=O) groups is 2. The monoisotopic (exact) mass is 1190 g/mol. The Hall–Kier alpha value is -5.05. The van der Waals surface area contributed by atoms with Crippen LogP contribution in [0.1, 0.15) is 144 Å². The molecule has 1 fully saturated rings. The van der Waals surface area contributed by atoms with Crippen LogP contribution < -0.4 is 20.7 Å². The summed E-state index contributed by atoms with van der Waals surface area (Å²) in [5, 5.41) is 4.48. The first kappa shape index (κ1) is 68.1. The molecular formula is C74H104O7Si3. The van der Waals surface area contributed by atoms with Gasteiger partial charge in [0.15, 0.2) is 13.9 Å². The summed E-state index contributed by atoms with van der Waals surface area (Å²) in [6, 6.07) is 43.3. The molecule has 8 atom stereocenters. The molecule has 4 aromatic rings. The van der Waals surface area contributed by atoms with Crippen LogP contribution in [0.4, 0.5) is 0 Å². The summed E-state index contributed by atoms with van der Waals surface area (Å²) in [6.45, 7) is 44.9. The summed E-state index contributed by atoms with van der Waals surface area (Å²) in [5.74, 6) is -0.464. The number of cyclic esters (lactones) is 1. The first-order valence-electron chi connectivity index (χ1n) is 30.9. The van der Waals surface area contributed by atoms with Crippen molar-refractivity contribution in [3.63, 3.8) is 0 Å². The molecule has 1 aliphatic heterocycles. The Morgan fingerprint density at radius 2 is 1.17 bits per heavy atom. The molecule has 1 spiro atoms. The Bertz CT molecular complexity index is 2910. The molecule has 1 saturated heterocycles. The van der Waals surface area contributed by atoms with Gasteiger partial charge < -0.3 is 22.8 Å². The van der Waals surface area contributed by atoms with Crippen molar-refractivity contribution >= 4 is 58.0 Å². The number of benzene rings is 4. The van der Waals surface area contributed by atoms with Crippen molar-refractivity contribution < 1.29 is 32.3 Å². The highest BCUT2D eigenvalue weighted by Gasteiger charge is 2.60. The lowest BCUT2D eigenvalue weighted by Gasteiger charge is -2.46. The number of ether oxygens (including phenoxy) is 2. The van der Waals surface area contributed by atoms with E-state index in [1.54, 1.807) is 0 Å². The van der Waals surface area contributed by atoms with Crippen LogP contribution in [0.3, 0.4) is 0 Å². The third-order valence-corrected chi connectivity index (χ3v) is 32.5. The number of carbonyl (C=O) groups excluding carboxylic acids is 2. The predicted octanol–water partition coefficient (Wildman–Crippen LogP) is 16.4. The Balaban J connectivity index is 1.39. The van der Waals surface area contributed by atoms with Crippen LogP contribution in [0.5, 0.6) is 0 Å². The molecule has 0 unspecified atom stereocenters. The number of aldehydes is 1. The van der Waals surface area contributed by atoms with Crippen LogP contribution in [0, 0.1) is 29.1 Å². The maximum Gasteiger partial charge on any atom is 0.341 e. The molecule has 0 amide bonds. The Morgan fingerprint density at radius 3 is 1.61 bits per heavy atom. The first-order chi connectivity index (χ1) is 39.2. The molecule has 84 heavy (non-hydrogen) atoms. The van der Waals surface area contributed by atoms with E-state index in [4.69, 9.17) is 22.8 Å². The van der Waals surface area contributed by atoms with Gasteiger partial charge in [-0.15, -0.1) is 0 Å². The minimum Gasteiger partial charge on any atom is -0.433 e. The topological polar surface area (TPSA) is 80.3 Å². The van der Waals surface area contributed by atoms with E-state index in [-0.39, 0.29) is 51.0 Å². The SMILES string of the molecule is C/C(C=O)=C\[C@@H](C)C[C@H](C)[C@@H](/C=C/C=C/C(C)=C/C[C@H](O[Si](C)(C)C(C)(C)C)/C(C)=C/[C@H]1C=C(CO[Si](c2ccccc2)(c2ccccc2)C(C)(C)C)[C@H](C)C[C@]12O[C@@H](C(C)(C)C)OC2=O)O[Si](c1ccccc1)(c1ccccc1)C(C)(C)C. The summed E-state index contributed by atoms with van der Waals surface area (Å²) in [5.41, 5.74) is 2.41. The lowest BCUT2D eigenvalue weighted by molar-refractivity contribution is -0.158. The zero-order chi connectivity index (χ0) is 62.1. The third-order valence-electron chi connectivity index (χ3n) is 18.0. The van der Waals surface area contributed by atoms with Crippen LogP contribution in [0.15, 0.2) is 192 Å². The molecule has 0 N–H and O–H groups in total. The van der Waals surface area contributed by atoms with E-state index in [1.165, 1.54) is 20.7 Å². The fourth-order valence-electron chi connectivity index (χ4n) is 12.2. The van der Waals surface area contributed by atoms with Crippen molar-refractivity contribution in [1.82, 2.24) is 0 Å². The third kappa shape index (κ3) is 15.7. The van der Waals surface area contributed by atoms with Crippen molar-refractivity contribution in [2.45, 2.75) is 196 Å². The highest BCUT2D eigenvalue weighted by Crippen LogP contribution is 2.49. The molecule has 0 aromatic heterocycles. The average Bonchev–Trinajstić information content (AvgIpc) is 1.33. The second kappa shape index (κ2) is 27.8. The van der Waals surface area contributed by atoms with Gasteiger partial charge in [0, 0.05) is 11.3 Å². The van der Waals surface area contributed by atoms with Gasteiger partial charge in [0.2, 0.25) is 6.29 Å². The van der Waals surface area contributed by atoms with Crippen LogP contribution in [-0.2, 0) is 32.3 Å². The normalized spacial score (nSPS) is 21.6. The van der Waals surface area contributed by atoms with Gasteiger partial charge in [-0.1, -0.05) is 279 Å². The zero-order valence-corrected chi connectivity index (χ0v) is 58.0. The molecule has 0 saturated carbocycles. The lowest BCUT2D eigenvalue weighted by Crippen LogP contribution is -2.68. The van der Waals surface area contributed by atoms with Crippen molar-refractivity contribution in [2.24, 2.45) is 29.1 Å². The summed E-state index contributed by atoms with van der Waals surface area (Å²) in [7, 11) is -8.17. The summed E-state index contributed by atoms with van der Waals surface area (Å²) in [6.07, 6.45) is 19.3. The lowest BCUT2D eigenvalue weighted by atomic mass is 9.71. The Labute approximate surface area is 511 Å². The number of hydrogen-bond acceptors (Lipinski definition) is 7. The molecule has 6 rings (SSSR count). The standard InChI is InChI=1S/C74H104O7Si3/c1-54(35-33-34-44-66(57(4)48-55(2)47-56(3)52-75)81-84(73(16,17)18,64-40-29-23-30-41-64)65-42-31-24-32-43-65)45-46-67(80-82(19,20)71(10,11)12)58(5)49-61-50-60(59(6)51-74(61)68(76)78-69(79-74)70(7,8)9)53-77-83(72(13,14)15,62-36-25-21-26-37-62)63-38-27-22-28-39-63/h21-45,47,49-50,52,55,57,59,61,66-67,69H,46,48,51,53H2,1-20H3/b35-33+,44-34+,54-45+,56-47+,58-49+/t55-,57+,59-,61+,66-,67+,69+,74+/m1/s1. The van der Waals surface area contributed by atoms with Crippen LogP contribution in [0.2, 0.25) is 28.2 Å². The number of rotatable bonds is 23. The predicted molar refractivity (Wildman–Crippen MR) is 360 cm³/mol. The van der Waals surface area contributed by atoms with Gasteiger partial charge in [-0.3, -0.25) is 4.79 Å². The second-order valence-electron chi connectivity index (χ2n) is 29.1. The van der Waals surface area contributed by atoms with E-state index in [0.717, 1.165) is 35.0 Å². The van der Waals surface area contributed by atoms with Crippen molar-refractivity contribution in [3.8, 4) is 0 Å². The van der Waals surface area contributed by atoms with Gasteiger partial charge in [0.25, 0.3) is 16.6 Å². The quantitative estimate of drug-likeness (QED) is 0.0183. The second-order valence-corrected chi connectivity index (χ2v) is 42.4. The minimum atomic E-state index is -2.93. The summed E-state index contributed by atoms with van der Waals surface area (Å²) < 4.78 is 36.1. The number of hydrogen-bond donors (Lipinski definition) is 0. The number of allylic oxidation sites excluding steroid dienone is 6. The van der Waals surface area contributed by atoms with Gasteiger partial charge in [-0.25, -0.2) is 4.79 Å². The number of esters is 1. The van der Waals surface area contributed by atoms with E-state index in [0.29, 0.717) is 19.4 Å². The van der Waals surface area contributed by atoms with Crippen molar-refractivity contribution in [1.29, 1.82) is 0 Å². The highest BCUT2D eigenvalue weighted by molar-refractivity contribution is 7.00. The maximum atomic E-state index is 14.7. The van der Waals surface area contributed by atoms with Crippen molar-refractivity contribution in [2.75, 3.05) is 6.61 Å². The smallest absolute Gasteiger partial charge is 0.341 e.